The van der Waals surface area contributed by atoms with E-state index in [-0.39, 0.29) is 0 Å². The van der Waals surface area contributed by atoms with Crippen molar-refractivity contribution in [2.45, 2.75) is 13.3 Å². The molecule has 0 spiro atoms. The molecule has 0 saturated carbocycles. The Balaban J connectivity index is 1.81. The first kappa shape index (κ1) is 11.4. The number of ether oxygens (including phenoxy) is 1. The molecular formula is C12H15N3O2. The summed E-state index contributed by atoms with van der Waals surface area (Å²) in [4.78, 5) is 0. The van der Waals surface area contributed by atoms with Gasteiger partial charge in [0.15, 0.2) is 0 Å². The van der Waals surface area contributed by atoms with Gasteiger partial charge >= 0.3 is 6.01 Å². The normalized spacial score (nSPS) is 10.2. The highest BCUT2D eigenvalue weighted by atomic mass is 16.5. The zero-order chi connectivity index (χ0) is 12.1. The minimum atomic E-state index is 0.469. The Bertz CT molecular complexity index is 465. The molecule has 0 bridgehead atoms. The van der Waals surface area contributed by atoms with Crippen LogP contribution in [0.15, 0.2) is 28.7 Å². The van der Waals surface area contributed by atoms with E-state index in [0.717, 1.165) is 18.7 Å². The van der Waals surface area contributed by atoms with E-state index >= 15 is 0 Å². The summed E-state index contributed by atoms with van der Waals surface area (Å²) in [6.07, 6.45) is 0.894. The van der Waals surface area contributed by atoms with Crippen molar-refractivity contribution in [2.75, 3.05) is 19.0 Å². The number of aryl methyl sites for hydroxylation is 1. The third-order valence-corrected chi connectivity index (χ3v) is 2.37. The number of anilines is 1. The van der Waals surface area contributed by atoms with Crippen LogP contribution in [0, 0.1) is 6.92 Å². The summed E-state index contributed by atoms with van der Waals surface area (Å²) >= 11 is 0. The van der Waals surface area contributed by atoms with Crippen molar-refractivity contribution in [3.63, 3.8) is 0 Å². The lowest BCUT2D eigenvalue weighted by atomic mass is 10.1. The maximum absolute atomic E-state index is 5.20. The Morgan fingerprint density at radius 2 is 2.00 bits per heavy atom. The van der Waals surface area contributed by atoms with Crippen LogP contribution in [-0.4, -0.2) is 23.9 Å². The van der Waals surface area contributed by atoms with Gasteiger partial charge in [-0.05, 0) is 24.1 Å². The monoisotopic (exact) mass is 233 g/mol. The molecule has 0 aliphatic carbocycles. The topological polar surface area (TPSA) is 60.2 Å². The quantitative estimate of drug-likeness (QED) is 0.856. The first-order valence-electron chi connectivity index (χ1n) is 5.45. The predicted octanol–water partition coefficient (Wildman–Crippen LogP) is 2.04. The molecule has 0 unspecified atom stereocenters. The summed E-state index contributed by atoms with van der Waals surface area (Å²) in [7, 11) is 1.66. The van der Waals surface area contributed by atoms with Crippen molar-refractivity contribution >= 4 is 6.01 Å². The number of hydrogen-bond donors (Lipinski definition) is 1. The average molecular weight is 233 g/mol. The molecule has 1 aromatic heterocycles. The van der Waals surface area contributed by atoms with Crippen LogP contribution in [0.5, 0.6) is 5.75 Å². The first-order valence-corrected chi connectivity index (χ1v) is 5.45. The molecule has 5 nitrogen and oxygen atoms in total. The van der Waals surface area contributed by atoms with E-state index in [0.29, 0.717) is 11.9 Å². The third kappa shape index (κ3) is 3.21. The van der Waals surface area contributed by atoms with Crippen LogP contribution in [0.3, 0.4) is 0 Å². The van der Waals surface area contributed by atoms with Gasteiger partial charge < -0.3 is 14.5 Å². The Kier molecular flexibility index (Phi) is 3.59. The highest BCUT2D eigenvalue weighted by Crippen LogP contribution is 2.12. The molecule has 1 heterocycles. The van der Waals surface area contributed by atoms with Gasteiger partial charge in [0.05, 0.1) is 7.11 Å². The van der Waals surface area contributed by atoms with Gasteiger partial charge in [0, 0.05) is 13.5 Å². The van der Waals surface area contributed by atoms with Crippen molar-refractivity contribution in [1.82, 2.24) is 10.2 Å². The molecule has 1 N–H and O–H groups in total. The molecule has 2 aromatic rings. The van der Waals surface area contributed by atoms with Crippen molar-refractivity contribution in [1.29, 1.82) is 0 Å². The van der Waals surface area contributed by atoms with Crippen molar-refractivity contribution in [3.05, 3.63) is 35.7 Å². The smallest absolute Gasteiger partial charge is 0.315 e. The standard InChI is InChI=1S/C12H15N3O2/c1-9-14-15-12(17-9)13-8-7-10-3-5-11(16-2)6-4-10/h3-6H,7-8H2,1-2H3,(H,13,15). The average Bonchev–Trinajstić information content (AvgIpc) is 2.76. The van der Waals surface area contributed by atoms with Gasteiger partial charge in [-0.1, -0.05) is 17.2 Å². The fourth-order valence-electron chi connectivity index (χ4n) is 1.47. The Labute approximate surface area is 99.8 Å². The Morgan fingerprint density at radius 3 is 2.59 bits per heavy atom. The van der Waals surface area contributed by atoms with Crippen LogP contribution in [0.1, 0.15) is 11.5 Å². The summed E-state index contributed by atoms with van der Waals surface area (Å²) in [5, 5.41) is 10.7. The van der Waals surface area contributed by atoms with E-state index in [1.54, 1.807) is 14.0 Å². The van der Waals surface area contributed by atoms with Crippen LogP contribution < -0.4 is 10.1 Å². The third-order valence-electron chi connectivity index (χ3n) is 2.37. The first-order chi connectivity index (χ1) is 8.28. The summed E-state index contributed by atoms with van der Waals surface area (Å²) in [6.45, 7) is 2.52. The minimum Gasteiger partial charge on any atom is -0.497 e. The molecule has 90 valence electrons. The van der Waals surface area contributed by atoms with Gasteiger partial charge in [0.2, 0.25) is 5.89 Å². The van der Waals surface area contributed by atoms with Crippen LogP contribution >= 0.6 is 0 Å². The van der Waals surface area contributed by atoms with Crippen molar-refractivity contribution in [3.8, 4) is 5.75 Å². The highest BCUT2D eigenvalue weighted by molar-refractivity contribution is 5.28. The van der Waals surface area contributed by atoms with E-state index in [1.807, 2.05) is 24.3 Å². The van der Waals surface area contributed by atoms with Crippen LogP contribution in [-0.2, 0) is 6.42 Å². The predicted molar refractivity (Wildman–Crippen MR) is 64.2 cm³/mol. The highest BCUT2D eigenvalue weighted by Gasteiger charge is 2.00. The van der Waals surface area contributed by atoms with E-state index in [2.05, 4.69) is 15.5 Å². The van der Waals surface area contributed by atoms with E-state index in [1.165, 1.54) is 5.56 Å². The molecule has 0 aliphatic heterocycles. The van der Waals surface area contributed by atoms with Crippen LogP contribution in [0.25, 0.3) is 0 Å². The maximum Gasteiger partial charge on any atom is 0.315 e. The van der Waals surface area contributed by atoms with Gasteiger partial charge in [0.25, 0.3) is 0 Å². The SMILES string of the molecule is COc1ccc(CCNc2nnc(C)o2)cc1. The summed E-state index contributed by atoms with van der Waals surface area (Å²) in [6, 6.07) is 8.45. The number of nitrogens with one attached hydrogen (secondary N) is 1. The number of benzene rings is 1. The molecule has 2 rings (SSSR count). The minimum absolute atomic E-state index is 0.469. The second-order valence-electron chi connectivity index (χ2n) is 3.65. The fraction of sp³-hybridized carbons (Fsp3) is 0.333. The van der Waals surface area contributed by atoms with Gasteiger partial charge in [-0.3, -0.25) is 0 Å². The fourth-order valence-corrected chi connectivity index (χ4v) is 1.47. The molecule has 5 heteroatoms. The van der Waals surface area contributed by atoms with Gasteiger partial charge in [-0.15, -0.1) is 5.10 Å². The molecular weight excluding hydrogens is 218 g/mol. The van der Waals surface area contributed by atoms with Crippen molar-refractivity contribution < 1.29 is 9.15 Å². The number of hydrogen-bond acceptors (Lipinski definition) is 5. The molecule has 0 radical (unpaired) electrons. The molecule has 0 saturated heterocycles. The molecule has 0 atom stereocenters. The summed E-state index contributed by atoms with van der Waals surface area (Å²) < 4.78 is 10.3. The molecule has 0 fully saturated rings. The number of rotatable bonds is 5. The lowest BCUT2D eigenvalue weighted by Crippen LogP contribution is -2.04. The molecule has 0 aliphatic rings. The molecule has 17 heavy (non-hydrogen) atoms. The van der Waals surface area contributed by atoms with Gasteiger partial charge in [-0.2, -0.15) is 0 Å². The second kappa shape index (κ2) is 5.34. The van der Waals surface area contributed by atoms with Crippen molar-refractivity contribution in [2.24, 2.45) is 0 Å². The van der Waals surface area contributed by atoms with Gasteiger partial charge in [-0.25, -0.2) is 0 Å². The van der Waals surface area contributed by atoms with E-state index in [9.17, 15) is 0 Å². The molecule has 1 aromatic carbocycles. The van der Waals surface area contributed by atoms with E-state index < -0.39 is 0 Å². The van der Waals surface area contributed by atoms with Crippen LogP contribution in [0.4, 0.5) is 6.01 Å². The number of aromatic nitrogens is 2. The Hall–Kier alpha value is -2.04. The van der Waals surface area contributed by atoms with E-state index in [4.69, 9.17) is 9.15 Å². The summed E-state index contributed by atoms with van der Waals surface area (Å²) in [5.74, 6) is 1.44. The number of methoxy groups -OCH3 is 1. The maximum atomic E-state index is 5.20. The largest absolute Gasteiger partial charge is 0.497 e. The summed E-state index contributed by atoms with van der Waals surface area (Å²) in [5.41, 5.74) is 1.23. The van der Waals surface area contributed by atoms with Gasteiger partial charge in [0.1, 0.15) is 5.75 Å². The lowest BCUT2D eigenvalue weighted by Gasteiger charge is -2.03. The number of nitrogens with zero attached hydrogens (tertiary/aromatic N) is 2. The molecule has 0 amide bonds. The lowest BCUT2D eigenvalue weighted by molar-refractivity contribution is 0.414. The van der Waals surface area contributed by atoms with Crippen LogP contribution in [0.2, 0.25) is 0 Å². The zero-order valence-electron chi connectivity index (χ0n) is 9.93. The Morgan fingerprint density at radius 1 is 1.24 bits per heavy atom. The second-order valence-corrected chi connectivity index (χ2v) is 3.65. The zero-order valence-corrected chi connectivity index (χ0v) is 9.93.